The minimum atomic E-state index is -3.98. The van der Waals surface area contributed by atoms with E-state index in [0.717, 1.165) is 23.3 Å². The quantitative estimate of drug-likeness (QED) is 0.233. The highest BCUT2D eigenvalue weighted by molar-refractivity contribution is 7.85. The van der Waals surface area contributed by atoms with E-state index < -0.39 is 10.1 Å². The van der Waals surface area contributed by atoms with E-state index >= 15 is 0 Å². The Balaban J connectivity index is 1.94. The van der Waals surface area contributed by atoms with E-state index in [2.05, 4.69) is 6.92 Å². The van der Waals surface area contributed by atoms with Gasteiger partial charge in [0.25, 0.3) is 10.1 Å². The Kier molecular flexibility index (Phi) is 11.5. The second kappa shape index (κ2) is 14.1. The van der Waals surface area contributed by atoms with Crippen molar-refractivity contribution in [2.24, 2.45) is 0 Å². The van der Waals surface area contributed by atoms with Crippen molar-refractivity contribution in [3.63, 3.8) is 0 Å². The van der Waals surface area contributed by atoms with Crippen LogP contribution in [0.4, 0.5) is 0 Å². The lowest BCUT2D eigenvalue weighted by molar-refractivity contribution is 0.296. The van der Waals surface area contributed by atoms with Gasteiger partial charge in [-0.05, 0) is 30.5 Å². The maximum absolute atomic E-state index is 10.9. The van der Waals surface area contributed by atoms with E-state index in [9.17, 15) is 8.42 Å². The molecule has 31 heavy (non-hydrogen) atoms. The summed E-state index contributed by atoms with van der Waals surface area (Å²) in [6.45, 7) is 3.09. The number of hydrogen-bond acceptors (Lipinski definition) is 4. The summed E-state index contributed by atoms with van der Waals surface area (Å²) in [4.78, 5) is 0. The Bertz CT molecular complexity index is 849. The van der Waals surface area contributed by atoms with E-state index in [1.54, 1.807) is 0 Å². The molecule has 0 heterocycles. The predicted octanol–water partition coefficient (Wildman–Crippen LogP) is 6.53. The minimum Gasteiger partial charge on any atom is -0.493 e. The van der Waals surface area contributed by atoms with Crippen molar-refractivity contribution in [3.05, 3.63) is 48.5 Å². The topological polar surface area (TPSA) is 72.8 Å². The van der Waals surface area contributed by atoms with Crippen LogP contribution in [-0.4, -0.2) is 31.9 Å². The normalized spacial score (nSPS) is 11.4. The van der Waals surface area contributed by atoms with Crippen LogP contribution in [-0.2, 0) is 10.1 Å². The van der Waals surface area contributed by atoms with E-state index in [4.69, 9.17) is 14.0 Å². The van der Waals surface area contributed by atoms with Crippen LogP contribution in [0.5, 0.6) is 11.5 Å². The van der Waals surface area contributed by atoms with Crippen molar-refractivity contribution in [2.75, 3.05) is 19.0 Å². The molecule has 0 spiro atoms. The van der Waals surface area contributed by atoms with Gasteiger partial charge in [0.05, 0.1) is 24.5 Å². The summed E-state index contributed by atoms with van der Waals surface area (Å²) in [5, 5.41) is 0. The van der Waals surface area contributed by atoms with Crippen LogP contribution in [0.3, 0.4) is 0 Å². The smallest absolute Gasteiger partial charge is 0.264 e. The van der Waals surface area contributed by atoms with Crippen molar-refractivity contribution >= 4 is 10.1 Å². The summed E-state index contributed by atoms with van der Waals surface area (Å²) in [5.74, 6) is 1.10. The summed E-state index contributed by atoms with van der Waals surface area (Å²) < 4.78 is 42.7. The first-order valence-corrected chi connectivity index (χ1v) is 13.0. The summed E-state index contributed by atoms with van der Waals surface area (Å²) in [6, 6.07) is 15.6. The first kappa shape index (κ1) is 25.2. The standard InChI is InChI=1S/C25H36O5S/c1-2-3-4-5-6-7-8-12-19-29-23-17-13-18-24(30-20-14-21-31(26,27)28)25(23)22-15-10-9-11-16-22/h9-11,13,15-18H,2-8,12,14,19-21H2,1H3,(H,26,27,28). The maximum atomic E-state index is 10.9. The first-order valence-electron chi connectivity index (χ1n) is 11.4. The minimum absolute atomic E-state index is 0.196. The highest BCUT2D eigenvalue weighted by atomic mass is 32.2. The molecule has 0 unspecified atom stereocenters. The highest BCUT2D eigenvalue weighted by Crippen LogP contribution is 2.38. The molecule has 6 heteroatoms. The van der Waals surface area contributed by atoms with Gasteiger partial charge in [0, 0.05) is 0 Å². The monoisotopic (exact) mass is 448 g/mol. The van der Waals surface area contributed by atoms with Crippen LogP contribution in [0.15, 0.2) is 48.5 Å². The van der Waals surface area contributed by atoms with Crippen LogP contribution >= 0.6 is 0 Å². The largest absolute Gasteiger partial charge is 0.493 e. The molecule has 0 aliphatic rings. The van der Waals surface area contributed by atoms with Gasteiger partial charge in [-0.1, -0.05) is 88.3 Å². The van der Waals surface area contributed by atoms with E-state index in [1.807, 2.05) is 48.5 Å². The Labute approximate surface area is 187 Å². The van der Waals surface area contributed by atoms with Gasteiger partial charge in [0.15, 0.2) is 0 Å². The lowest BCUT2D eigenvalue weighted by Gasteiger charge is -2.16. The van der Waals surface area contributed by atoms with Crippen LogP contribution in [0.2, 0.25) is 0 Å². The summed E-state index contributed by atoms with van der Waals surface area (Å²) in [7, 11) is -3.98. The molecule has 0 atom stereocenters. The molecule has 5 nitrogen and oxygen atoms in total. The van der Waals surface area contributed by atoms with Crippen molar-refractivity contribution < 1.29 is 22.4 Å². The molecule has 0 bridgehead atoms. The molecule has 172 valence electrons. The molecule has 2 aromatic carbocycles. The lowest BCUT2D eigenvalue weighted by Crippen LogP contribution is -2.09. The van der Waals surface area contributed by atoms with Gasteiger partial charge >= 0.3 is 0 Å². The molecule has 0 aliphatic carbocycles. The molecule has 0 aliphatic heterocycles. The predicted molar refractivity (Wildman–Crippen MR) is 127 cm³/mol. The number of benzene rings is 2. The van der Waals surface area contributed by atoms with Gasteiger partial charge in [-0.3, -0.25) is 4.55 Å². The number of ether oxygens (including phenoxy) is 2. The fourth-order valence-corrected chi connectivity index (χ4v) is 3.97. The van der Waals surface area contributed by atoms with E-state index in [0.29, 0.717) is 12.4 Å². The number of hydrogen-bond donors (Lipinski definition) is 1. The van der Waals surface area contributed by atoms with Crippen molar-refractivity contribution in [2.45, 2.75) is 64.7 Å². The fourth-order valence-electron chi connectivity index (χ4n) is 3.48. The second-order valence-electron chi connectivity index (χ2n) is 7.81. The van der Waals surface area contributed by atoms with E-state index in [-0.39, 0.29) is 18.8 Å². The van der Waals surface area contributed by atoms with Crippen LogP contribution < -0.4 is 9.47 Å². The summed E-state index contributed by atoms with van der Waals surface area (Å²) in [5.41, 5.74) is 1.85. The third kappa shape index (κ3) is 10.2. The van der Waals surface area contributed by atoms with Gasteiger partial charge in [-0.25, -0.2) is 0 Å². The second-order valence-corrected chi connectivity index (χ2v) is 9.38. The number of rotatable bonds is 16. The van der Waals surface area contributed by atoms with Crippen molar-refractivity contribution in [1.82, 2.24) is 0 Å². The molecule has 0 radical (unpaired) electrons. The maximum Gasteiger partial charge on any atom is 0.264 e. The molecular formula is C25H36O5S. The molecule has 0 amide bonds. The average molecular weight is 449 g/mol. The van der Waals surface area contributed by atoms with Crippen LogP contribution in [0.25, 0.3) is 11.1 Å². The Morgan fingerprint density at radius 2 is 1.26 bits per heavy atom. The molecule has 0 saturated heterocycles. The summed E-state index contributed by atoms with van der Waals surface area (Å²) in [6.07, 6.45) is 10.2. The Hall–Kier alpha value is -2.05. The zero-order valence-electron chi connectivity index (χ0n) is 18.6. The molecule has 0 aromatic heterocycles. The van der Waals surface area contributed by atoms with Gasteiger partial charge in [0.2, 0.25) is 0 Å². The van der Waals surface area contributed by atoms with Crippen molar-refractivity contribution in [3.8, 4) is 22.6 Å². The van der Waals surface area contributed by atoms with Crippen molar-refractivity contribution in [1.29, 1.82) is 0 Å². The summed E-state index contributed by atoms with van der Waals surface area (Å²) >= 11 is 0. The van der Waals surface area contributed by atoms with Gasteiger partial charge in [-0.15, -0.1) is 0 Å². The van der Waals surface area contributed by atoms with Crippen LogP contribution in [0, 0.1) is 0 Å². The number of unbranched alkanes of at least 4 members (excludes halogenated alkanes) is 7. The zero-order chi connectivity index (χ0) is 22.4. The molecule has 2 rings (SSSR count). The zero-order valence-corrected chi connectivity index (χ0v) is 19.4. The first-order chi connectivity index (χ1) is 15.0. The Morgan fingerprint density at radius 1 is 0.710 bits per heavy atom. The Morgan fingerprint density at radius 3 is 1.84 bits per heavy atom. The molecule has 1 N–H and O–H groups in total. The van der Waals surface area contributed by atoms with Crippen LogP contribution in [0.1, 0.15) is 64.7 Å². The van der Waals surface area contributed by atoms with Gasteiger partial charge < -0.3 is 9.47 Å². The molecule has 0 fully saturated rings. The fraction of sp³-hybridized carbons (Fsp3) is 0.520. The lowest BCUT2D eigenvalue weighted by atomic mass is 10.0. The van der Waals surface area contributed by atoms with Gasteiger partial charge in [-0.2, -0.15) is 8.42 Å². The molecular weight excluding hydrogens is 412 g/mol. The van der Waals surface area contributed by atoms with Gasteiger partial charge in [0.1, 0.15) is 11.5 Å². The average Bonchev–Trinajstić information content (AvgIpc) is 2.75. The molecule has 2 aromatic rings. The highest BCUT2D eigenvalue weighted by Gasteiger charge is 2.14. The molecule has 0 saturated carbocycles. The third-order valence-corrected chi connectivity index (χ3v) is 5.91. The SMILES string of the molecule is CCCCCCCCCCOc1cccc(OCCCS(=O)(=O)O)c1-c1ccccc1. The third-order valence-electron chi connectivity index (χ3n) is 5.11. The van der Waals surface area contributed by atoms with E-state index in [1.165, 1.54) is 44.9 Å².